The van der Waals surface area contributed by atoms with Gasteiger partial charge in [0.2, 0.25) is 0 Å². The number of hydrogen-bond donors (Lipinski definition) is 2. The summed E-state index contributed by atoms with van der Waals surface area (Å²) < 4.78 is 0. The molecular weight excluding hydrogens is 111 g/mol. The number of nitrogens with two attached hydrogens (primary N) is 1. The van der Waals surface area contributed by atoms with Crippen molar-refractivity contribution in [1.82, 2.24) is 5.32 Å². The Hall–Kier alpha value is 0.920. The average Bonchev–Trinajstić information content (AvgIpc) is 1.69. The second-order valence-corrected chi connectivity index (χ2v) is 1.50. The van der Waals surface area contributed by atoms with Crippen LogP contribution in [-0.4, -0.2) is 49.2 Å². The van der Waals surface area contributed by atoms with Crippen molar-refractivity contribution in [3.8, 4) is 0 Å². The third kappa shape index (κ3) is 10.0. The summed E-state index contributed by atoms with van der Waals surface area (Å²) >= 11 is 0. The van der Waals surface area contributed by atoms with Gasteiger partial charge in [-0.2, -0.15) is 0 Å². The zero-order valence-electron chi connectivity index (χ0n) is 5.91. The molecule has 0 amide bonds. The van der Waals surface area contributed by atoms with Crippen LogP contribution in [0.2, 0.25) is 0 Å². The second-order valence-electron chi connectivity index (χ2n) is 1.50. The van der Waals surface area contributed by atoms with E-state index in [4.69, 9.17) is 5.73 Å². The van der Waals surface area contributed by atoms with Gasteiger partial charge in [-0.1, -0.05) is 6.92 Å². The molecule has 0 rings (SSSR count). The van der Waals surface area contributed by atoms with E-state index in [0.29, 0.717) is 0 Å². The van der Waals surface area contributed by atoms with Crippen molar-refractivity contribution < 1.29 is 0 Å². The quantitative estimate of drug-likeness (QED) is 0.395. The van der Waals surface area contributed by atoms with Crippen LogP contribution >= 0.6 is 0 Å². The van der Waals surface area contributed by atoms with E-state index >= 15 is 0 Å². The Morgan fingerprint density at radius 3 is 2.50 bits per heavy atom. The normalized spacial score (nSPS) is 8.25. The molecule has 0 aliphatic carbocycles. The van der Waals surface area contributed by atoms with Crippen LogP contribution in [0.1, 0.15) is 13.3 Å². The van der Waals surface area contributed by atoms with E-state index in [2.05, 4.69) is 12.2 Å². The van der Waals surface area contributed by atoms with Gasteiger partial charge in [0.15, 0.2) is 0 Å². The molecule has 3 heteroatoms. The van der Waals surface area contributed by atoms with Crippen LogP contribution in [0, 0.1) is 0 Å². The van der Waals surface area contributed by atoms with Gasteiger partial charge in [-0.05, 0) is 26.1 Å². The molecule has 0 saturated carbocycles. The first kappa shape index (κ1) is 11.7. The first-order valence-electron chi connectivity index (χ1n) is 2.82. The van der Waals surface area contributed by atoms with Crippen molar-refractivity contribution in [2.45, 2.75) is 13.3 Å². The molecule has 0 atom stereocenters. The molecule has 0 aromatic heterocycles. The fraction of sp³-hybridized carbons (Fsp3) is 1.00. The molecule has 45 valence electrons. The van der Waals surface area contributed by atoms with Gasteiger partial charge in [-0.25, -0.2) is 0 Å². The molecule has 1 radical (unpaired) electrons. The molecule has 0 aromatic rings. The summed E-state index contributed by atoms with van der Waals surface area (Å²) in [7, 11) is 0. The van der Waals surface area contributed by atoms with Gasteiger partial charge in [0.25, 0.3) is 0 Å². The van der Waals surface area contributed by atoms with Crippen molar-refractivity contribution in [3.63, 3.8) is 0 Å². The van der Waals surface area contributed by atoms with Crippen LogP contribution in [-0.2, 0) is 0 Å². The SMILES string of the molecule is CCNCCCN.[Na]. The predicted octanol–water partition coefficient (Wildman–Crippen LogP) is -0.436. The first-order valence-corrected chi connectivity index (χ1v) is 2.82. The maximum Gasteiger partial charge on any atom is 0 e. The van der Waals surface area contributed by atoms with Crippen LogP contribution in [0.15, 0.2) is 0 Å². The van der Waals surface area contributed by atoms with E-state index in [1.165, 1.54) is 0 Å². The predicted molar refractivity (Wildman–Crippen MR) is 38.0 cm³/mol. The molecule has 3 N–H and O–H groups in total. The third-order valence-corrected chi connectivity index (χ3v) is 0.808. The van der Waals surface area contributed by atoms with Gasteiger partial charge >= 0.3 is 0 Å². The Labute approximate surface area is 73.5 Å². The van der Waals surface area contributed by atoms with Crippen molar-refractivity contribution in [2.75, 3.05) is 19.6 Å². The Kier molecular flexibility index (Phi) is 15.8. The average molecular weight is 125 g/mol. The van der Waals surface area contributed by atoms with Gasteiger partial charge < -0.3 is 11.1 Å². The Morgan fingerprint density at radius 1 is 1.50 bits per heavy atom. The standard InChI is InChI=1S/C5H14N2.Na/c1-2-7-5-3-4-6;/h7H,2-6H2,1H3;. The maximum absolute atomic E-state index is 5.23. The van der Waals surface area contributed by atoms with Gasteiger partial charge in [0.05, 0.1) is 0 Å². The van der Waals surface area contributed by atoms with Gasteiger partial charge in [0, 0.05) is 29.6 Å². The largest absolute Gasteiger partial charge is 0.330 e. The Bertz CT molecular complexity index is 29.6. The summed E-state index contributed by atoms with van der Waals surface area (Å²) in [4.78, 5) is 0. The van der Waals surface area contributed by atoms with E-state index in [1.54, 1.807) is 0 Å². The van der Waals surface area contributed by atoms with Crippen LogP contribution < -0.4 is 11.1 Å². The van der Waals surface area contributed by atoms with Gasteiger partial charge in [-0.3, -0.25) is 0 Å². The third-order valence-electron chi connectivity index (χ3n) is 0.808. The Balaban J connectivity index is 0. The minimum absolute atomic E-state index is 0. The van der Waals surface area contributed by atoms with E-state index in [1.807, 2.05) is 0 Å². The molecule has 0 fully saturated rings. The number of rotatable bonds is 4. The molecule has 0 aliphatic rings. The first-order chi connectivity index (χ1) is 3.41. The Morgan fingerprint density at radius 2 is 2.12 bits per heavy atom. The summed E-state index contributed by atoms with van der Waals surface area (Å²) in [5, 5.41) is 3.17. The van der Waals surface area contributed by atoms with Crippen molar-refractivity contribution >= 4 is 29.6 Å². The summed E-state index contributed by atoms with van der Waals surface area (Å²) in [6.45, 7) is 5.01. The van der Waals surface area contributed by atoms with Gasteiger partial charge in [0.1, 0.15) is 0 Å². The van der Waals surface area contributed by atoms with Crippen LogP contribution in [0.5, 0.6) is 0 Å². The fourth-order valence-corrected chi connectivity index (χ4v) is 0.404. The molecule has 0 aliphatic heterocycles. The van der Waals surface area contributed by atoms with E-state index in [0.717, 1.165) is 26.1 Å². The van der Waals surface area contributed by atoms with Crippen molar-refractivity contribution in [2.24, 2.45) is 5.73 Å². The zero-order chi connectivity index (χ0) is 5.54. The van der Waals surface area contributed by atoms with Crippen LogP contribution in [0.25, 0.3) is 0 Å². The summed E-state index contributed by atoms with van der Waals surface area (Å²) in [5.74, 6) is 0. The summed E-state index contributed by atoms with van der Waals surface area (Å²) in [5.41, 5.74) is 5.23. The van der Waals surface area contributed by atoms with Crippen molar-refractivity contribution in [1.29, 1.82) is 0 Å². The van der Waals surface area contributed by atoms with E-state index in [9.17, 15) is 0 Å². The molecule has 0 saturated heterocycles. The smallest absolute Gasteiger partial charge is 0 e. The minimum atomic E-state index is 0. The molecule has 0 heterocycles. The topological polar surface area (TPSA) is 38.0 Å². The van der Waals surface area contributed by atoms with E-state index in [-0.39, 0.29) is 29.6 Å². The van der Waals surface area contributed by atoms with E-state index < -0.39 is 0 Å². The van der Waals surface area contributed by atoms with Crippen LogP contribution in [0.4, 0.5) is 0 Å². The van der Waals surface area contributed by atoms with Crippen LogP contribution in [0.3, 0.4) is 0 Å². The summed E-state index contributed by atoms with van der Waals surface area (Å²) in [6, 6.07) is 0. The fourth-order valence-electron chi connectivity index (χ4n) is 0.404. The molecule has 0 spiro atoms. The minimum Gasteiger partial charge on any atom is -0.330 e. The molecule has 0 unspecified atom stereocenters. The monoisotopic (exact) mass is 125 g/mol. The molecule has 2 nitrogen and oxygen atoms in total. The zero-order valence-corrected chi connectivity index (χ0v) is 7.91. The van der Waals surface area contributed by atoms with Crippen molar-refractivity contribution in [3.05, 3.63) is 0 Å². The number of hydrogen-bond acceptors (Lipinski definition) is 2. The molecule has 0 aromatic carbocycles. The molecular formula is C5H14N2Na. The summed E-state index contributed by atoms with van der Waals surface area (Å²) in [6.07, 6.45) is 1.09. The molecule has 0 bridgehead atoms. The number of nitrogens with one attached hydrogen (secondary N) is 1. The molecule has 8 heavy (non-hydrogen) atoms. The second kappa shape index (κ2) is 10.8. The maximum atomic E-state index is 5.23. The van der Waals surface area contributed by atoms with Gasteiger partial charge in [-0.15, -0.1) is 0 Å².